The van der Waals surface area contributed by atoms with Crippen molar-refractivity contribution in [1.82, 2.24) is 14.9 Å². The molecule has 1 rings (SSSR count). The number of amides is 1. The number of rotatable bonds is 4. The van der Waals surface area contributed by atoms with Crippen LogP contribution >= 0.6 is 0 Å². The molecule has 0 aliphatic heterocycles. The van der Waals surface area contributed by atoms with Gasteiger partial charge in [0.25, 0.3) is 0 Å². The number of carbonyl (C=O) groups is 1. The van der Waals surface area contributed by atoms with Gasteiger partial charge in [-0.3, -0.25) is 5.10 Å². The van der Waals surface area contributed by atoms with Crippen LogP contribution < -0.4 is 9.44 Å². The van der Waals surface area contributed by atoms with Crippen molar-refractivity contribution < 1.29 is 17.9 Å². The van der Waals surface area contributed by atoms with E-state index in [-0.39, 0.29) is 12.4 Å². The first-order valence-electron chi connectivity index (χ1n) is 4.84. The lowest BCUT2D eigenvalue weighted by Crippen LogP contribution is -2.36. The molecule has 0 radical (unpaired) electrons. The highest BCUT2D eigenvalue weighted by molar-refractivity contribution is 7.91. The Hall–Kier alpha value is -1.77. The van der Waals surface area contributed by atoms with Gasteiger partial charge in [0, 0.05) is 11.3 Å². The van der Waals surface area contributed by atoms with E-state index in [0.29, 0.717) is 5.56 Å². The molecule has 0 aliphatic carbocycles. The van der Waals surface area contributed by atoms with Gasteiger partial charge >= 0.3 is 16.3 Å². The van der Waals surface area contributed by atoms with Gasteiger partial charge in [0.05, 0.1) is 6.61 Å². The predicted molar refractivity (Wildman–Crippen MR) is 60.8 cm³/mol. The van der Waals surface area contributed by atoms with E-state index in [9.17, 15) is 13.2 Å². The Balaban J connectivity index is 2.74. The number of ether oxygens (including phenoxy) is 1. The Morgan fingerprint density at radius 1 is 1.47 bits per heavy atom. The number of hydrogen-bond donors (Lipinski definition) is 3. The molecule has 96 valence electrons. The lowest BCUT2D eigenvalue weighted by atomic mass is 10.3. The summed E-state index contributed by atoms with van der Waals surface area (Å²) in [4.78, 5) is 11.0. The maximum absolute atomic E-state index is 11.5. The molecule has 0 spiro atoms. The maximum Gasteiger partial charge on any atom is 0.422 e. The first-order chi connectivity index (χ1) is 7.85. The summed E-state index contributed by atoms with van der Waals surface area (Å²) in [7, 11) is -4.02. The molecule has 3 N–H and O–H groups in total. The molecule has 0 aromatic carbocycles. The third-order valence-corrected chi connectivity index (χ3v) is 2.87. The number of aryl methyl sites for hydroxylation is 1. The number of aromatic amines is 1. The van der Waals surface area contributed by atoms with E-state index in [4.69, 9.17) is 0 Å². The molecule has 1 aromatic rings. The van der Waals surface area contributed by atoms with E-state index >= 15 is 0 Å². The lowest BCUT2D eigenvalue weighted by Gasteiger charge is -2.07. The van der Waals surface area contributed by atoms with Gasteiger partial charge in [-0.15, -0.1) is 0 Å². The smallest absolute Gasteiger partial charge is 0.422 e. The first-order valence-corrected chi connectivity index (χ1v) is 6.33. The third-order valence-electron chi connectivity index (χ3n) is 1.98. The Morgan fingerprint density at radius 2 is 2.12 bits per heavy atom. The van der Waals surface area contributed by atoms with Crippen molar-refractivity contribution in [2.24, 2.45) is 0 Å². The number of nitrogens with zero attached hydrogens (tertiary/aromatic N) is 1. The van der Waals surface area contributed by atoms with Crippen molar-refractivity contribution in [1.29, 1.82) is 0 Å². The van der Waals surface area contributed by atoms with E-state index < -0.39 is 16.3 Å². The zero-order chi connectivity index (χ0) is 13.1. The molecule has 8 nitrogen and oxygen atoms in total. The highest BCUT2D eigenvalue weighted by atomic mass is 32.2. The SMILES string of the molecule is CCOC(=O)NS(=O)(=O)Nc1n[nH]c(C)c1C. The van der Waals surface area contributed by atoms with E-state index in [1.54, 1.807) is 25.5 Å². The summed E-state index contributed by atoms with van der Waals surface area (Å²) >= 11 is 0. The van der Waals surface area contributed by atoms with Crippen LogP contribution in [0.5, 0.6) is 0 Å². The van der Waals surface area contributed by atoms with E-state index in [0.717, 1.165) is 5.69 Å². The number of H-pyrrole nitrogens is 1. The number of anilines is 1. The average Bonchev–Trinajstić information content (AvgIpc) is 2.48. The number of hydrogen-bond acceptors (Lipinski definition) is 5. The maximum atomic E-state index is 11.5. The largest absolute Gasteiger partial charge is 0.449 e. The molecule has 0 fully saturated rings. The molecule has 1 heterocycles. The highest BCUT2D eigenvalue weighted by Crippen LogP contribution is 2.14. The number of nitrogens with one attached hydrogen (secondary N) is 3. The summed E-state index contributed by atoms with van der Waals surface area (Å²) in [5.74, 6) is 0.138. The fraction of sp³-hybridized carbons (Fsp3) is 0.500. The Kier molecular flexibility index (Phi) is 3.94. The molecule has 0 saturated carbocycles. The van der Waals surface area contributed by atoms with Gasteiger partial charge in [-0.25, -0.2) is 14.2 Å². The second kappa shape index (κ2) is 5.04. The third kappa shape index (κ3) is 3.63. The second-order valence-electron chi connectivity index (χ2n) is 3.25. The van der Waals surface area contributed by atoms with Crippen molar-refractivity contribution in [3.8, 4) is 0 Å². The van der Waals surface area contributed by atoms with Crippen LogP contribution in [0.3, 0.4) is 0 Å². The van der Waals surface area contributed by atoms with Crippen LogP contribution in [0.25, 0.3) is 0 Å². The molecular formula is C8H14N4O4S. The lowest BCUT2D eigenvalue weighted by molar-refractivity contribution is 0.159. The van der Waals surface area contributed by atoms with Crippen molar-refractivity contribution >= 4 is 22.1 Å². The molecule has 0 aliphatic rings. The van der Waals surface area contributed by atoms with Crippen LogP contribution in [0.2, 0.25) is 0 Å². The number of carbonyl (C=O) groups excluding carboxylic acids is 1. The van der Waals surface area contributed by atoms with Gasteiger partial charge < -0.3 is 4.74 Å². The van der Waals surface area contributed by atoms with Crippen molar-refractivity contribution in [2.75, 3.05) is 11.3 Å². The molecule has 17 heavy (non-hydrogen) atoms. The Morgan fingerprint density at radius 3 is 2.59 bits per heavy atom. The molecule has 1 amide bonds. The monoisotopic (exact) mass is 262 g/mol. The zero-order valence-corrected chi connectivity index (χ0v) is 10.5. The van der Waals surface area contributed by atoms with Crippen molar-refractivity contribution in [3.05, 3.63) is 11.3 Å². The number of aromatic nitrogens is 2. The molecule has 0 bridgehead atoms. The van der Waals surface area contributed by atoms with Gasteiger partial charge in [-0.2, -0.15) is 13.5 Å². The predicted octanol–water partition coefficient (Wildman–Crippen LogP) is 0.429. The van der Waals surface area contributed by atoms with Crippen LogP contribution in [0, 0.1) is 13.8 Å². The summed E-state index contributed by atoms with van der Waals surface area (Å²) < 4.78 is 31.2. The molecular weight excluding hydrogens is 248 g/mol. The minimum atomic E-state index is -4.02. The normalized spacial score (nSPS) is 11.0. The molecule has 1 aromatic heterocycles. The fourth-order valence-corrected chi connectivity index (χ4v) is 1.79. The van der Waals surface area contributed by atoms with E-state index in [1.807, 2.05) is 0 Å². The minimum Gasteiger partial charge on any atom is -0.449 e. The van der Waals surface area contributed by atoms with Crippen molar-refractivity contribution in [2.45, 2.75) is 20.8 Å². The van der Waals surface area contributed by atoms with Gasteiger partial charge in [0.1, 0.15) is 0 Å². The average molecular weight is 262 g/mol. The second-order valence-corrected chi connectivity index (χ2v) is 4.67. The molecule has 0 atom stereocenters. The van der Waals surface area contributed by atoms with Crippen LogP contribution in [0.4, 0.5) is 10.6 Å². The minimum absolute atomic E-state index is 0.0852. The molecule has 0 unspecified atom stereocenters. The van der Waals surface area contributed by atoms with Gasteiger partial charge in [0.2, 0.25) is 0 Å². The Labute approximate surface area is 98.9 Å². The summed E-state index contributed by atoms with van der Waals surface area (Å²) in [6.07, 6.45) is -1.04. The molecule has 0 saturated heterocycles. The van der Waals surface area contributed by atoms with Gasteiger partial charge in [-0.05, 0) is 20.8 Å². The summed E-state index contributed by atoms with van der Waals surface area (Å²) in [6.45, 7) is 5.10. The van der Waals surface area contributed by atoms with Crippen LogP contribution in [0.1, 0.15) is 18.2 Å². The van der Waals surface area contributed by atoms with Crippen molar-refractivity contribution in [3.63, 3.8) is 0 Å². The van der Waals surface area contributed by atoms with Crippen LogP contribution in [-0.4, -0.2) is 31.3 Å². The Bertz CT molecular complexity index is 508. The quantitative estimate of drug-likeness (QED) is 0.728. The van der Waals surface area contributed by atoms with Gasteiger partial charge in [-0.1, -0.05) is 0 Å². The molecule has 9 heteroatoms. The first kappa shape index (κ1) is 13.3. The summed E-state index contributed by atoms with van der Waals surface area (Å²) in [5.41, 5.74) is 1.39. The standard InChI is InChI=1S/C8H14N4O4S/c1-4-16-8(13)12-17(14,15)11-7-5(2)6(3)9-10-7/h4H2,1-3H3,(H,12,13)(H2,9,10,11). The van der Waals surface area contributed by atoms with Gasteiger partial charge in [0.15, 0.2) is 5.82 Å². The topological polar surface area (TPSA) is 113 Å². The van der Waals surface area contributed by atoms with Crippen LogP contribution in [-0.2, 0) is 14.9 Å². The summed E-state index contributed by atoms with van der Waals surface area (Å²) in [5, 5.41) is 6.36. The summed E-state index contributed by atoms with van der Waals surface area (Å²) in [6, 6.07) is 0. The zero-order valence-electron chi connectivity index (χ0n) is 9.70. The van der Waals surface area contributed by atoms with E-state index in [2.05, 4.69) is 19.7 Å². The fourth-order valence-electron chi connectivity index (χ4n) is 1.01. The van der Waals surface area contributed by atoms with E-state index in [1.165, 1.54) is 0 Å². The highest BCUT2D eigenvalue weighted by Gasteiger charge is 2.17. The van der Waals surface area contributed by atoms with Crippen LogP contribution in [0.15, 0.2) is 0 Å².